The fourth-order valence-corrected chi connectivity index (χ4v) is 2.81. The van der Waals surface area contributed by atoms with E-state index in [1.54, 1.807) is 17.1 Å². The normalized spacial score (nSPS) is 22.9. The monoisotopic (exact) mass is 323 g/mol. The van der Waals surface area contributed by atoms with Gasteiger partial charge in [0.25, 0.3) is 0 Å². The predicted octanol–water partition coefficient (Wildman–Crippen LogP) is 2.92. The van der Waals surface area contributed by atoms with E-state index in [9.17, 15) is 5.11 Å². The van der Waals surface area contributed by atoms with Gasteiger partial charge in [0, 0.05) is 11.5 Å². The molecule has 0 bridgehead atoms. The largest absolute Gasteiger partial charge is 0.386 e. The highest BCUT2D eigenvalue weighted by Crippen LogP contribution is 2.54. The molecule has 0 radical (unpaired) electrons. The van der Waals surface area contributed by atoms with Crippen molar-refractivity contribution in [2.24, 2.45) is 0 Å². The Morgan fingerprint density at radius 1 is 1.63 bits per heavy atom. The van der Waals surface area contributed by atoms with E-state index in [-0.39, 0.29) is 13.0 Å². The highest BCUT2D eigenvalue weighted by atomic mass is 35.5. The summed E-state index contributed by atoms with van der Waals surface area (Å²) in [6.45, 7) is 2.06. The quantitative estimate of drug-likeness (QED) is 0.819. The first-order chi connectivity index (χ1) is 8.90. The zero-order valence-electron chi connectivity index (χ0n) is 10.6. The Bertz CT molecular complexity index is 459. The number of halogens is 3. The molecule has 2 unspecified atom stereocenters. The molecule has 106 valence electrons. The topological polar surface area (TPSA) is 50.9 Å². The van der Waals surface area contributed by atoms with Crippen LogP contribution < -0.4 is 0 Å². The minimum atomic E-state index is -1.15. The lowest BCUT2D eigenvalue weighted by Crippen LogP contribution is -2.47. The summed E-state index contributed by atoms with van der Waals surface area (Å²) >= 11 is 18.7. The molecule has 1 aromatic heterocycles. The van der Waals surface area contributed by atoms with E-state index in [1.165, 1.54) is 6.33 Å². The third-order valence-electron chi connectivity index (χ3n) is 3.51. The maximum atomic E-state index is 10.9. The van der Waals surface area contributed by atoms with Crippen LogP contribution in [0, 0.1) is 0 Å². The Balaban J connectivity index is 2.16. The average molecular weight is 325 g/mol. The van der Waals surface area contributed by atoms with Crippen molar-refractivity contribution < 1.29 is 5.11 Å². The first-order valence-electron chi connectivity index (χ1n) is 6.10. The van der Waals surface area contributed by atoms with E-state index in [0.29, 0.717) is 5.03 Å². The second-order valence-corrected chi connectivity index (χ2v) is 6.62. The van der Waals surface area contributed by atoms with Crippen LogP contribution in [-0.4, -0.2) is 35.7 Å². The van der Waals surface area contributed by atoms with Crippen LogP contribution in [0.25, 0.3) is 0 Å². The fourth-order valence-electron chi connectivity index (χ4n) is 2.12. The maximum Gasteiger partial charge on any atom is 0.137 e. The zero-order chi connectivity index (χ0) is 14.1. The van der Waals surface area contributed by atoms with Crippen molar-refractivity contribution in [1.82, 2.24) is 14.8 Å². The van der Waals surface area contributed by atoms with Gasteiger partial charge in [0.1, 0.15) is 18.3 Å². The van der Waals surface area contributed by atoms with Crippen LogP contribution in [-0.2, 0) is 6.54 Å². The molecular formula is C12H16Cl3N3O. The van der Waals surface area contributed by atoms with E-state index in [4.69, 9.17) is 34.8 Å². The number of hydrogen-bond acceptors (Lipinski definition) is 3. The smallest absolute Gasteiger partial charge is 0.137 e. The van der Waals surface area contributed by atoms with E-state index in [0.717, 1.165) is 12.8 Å². The van der Waals surface area contributed by atoms with Gasteiger partial charge >= 0.3 is 0 Å². The third-order valence-corrected chi connectivity index (χ3v) is 5.22. The maximum absolute atomic E-state index is 10.9. The Hall–Kier alpha value is -0.290. The van der Waals surface area contributed by atoms with E-state index >= 15 is 0 Å². The molecule has 1 heterocycles. The first kappa shape index (κ1) is 15.1. The van der Waals surface area contributed by atoms with Gasteiger partial charge in [-0.05, 0) is 19.8 Å². The molecule has 1 N–H and O–H groups in total. The molecule has 2 atom stereocenters. The van der Waals surface area contributed by atoms with E-state index in [2.05, 4.69) is 10.1 Å². The lowest BCUT2D eigenvalue weighted by atomic mass is 9.91. The van der Waals surface area contributed by atoms with Gasteiger partial charge in [-0.2, -0.15) is 5.10 Å². The van der Waals surface area contributed by atoms with Crippen LogP contribution >= 0.6 is 34.8 Å². The molecule has 1 aliphatic carbocycles. The molecule has 0 amide bonds. The highest BCUT2D eigenvalue weighted by molar-refractivity contribution is 6.37. The molecular weight excluding hydrogens is 309 g/mol. The molecule has 7 heteroatoms. The molecule has 4 nitrogen and oxygen atoms in total. The van der Waals surface area contributed by atoms with Crippen molar-refractivity contribution in [2.75, 3.05) is 0 Å². The summed E-state index contributed by atoms with van der Waals surface area (Å²) in [5.74, 6) is 0. The highest BCUT2D eigenvalue weighted by Gasteiger charge is 2.58. The van der Waals surface area contributed by atoms with Gasteiger partial charge in [0.2, 0.25) is 0 Å². The zero-order valence-corrected chi connectivity index (χ0v) is 12.8. The average Bonchev–Trinajstić information content (AvgIpc) is 2.93. The second kappa shape index (κ2) is 5.60. The summed E-state index contributed by atoms with van der Waals surface area (Å²) in [6, 6.07) is 0. The SMILES string of the molecule is C/C=C(\Cl)C(Cl)CC(O)(Cn1cncn1)C1(Cl)CC1. The molecule has 0 spiro atoms. The van der Waals surface area contributed by atoms with Crippen LogP contribution in [0.4, 0.5) is 0 Å². The van der Waals surface area contributed by atoms with Crippen LogP contribution in [0.1, 0.15) is 26.2 Å². The van der Waals surface area contributed by atoms with Crippen molar-refractivity contribution in [2.45, 2.75) is 48.6 Å². The van der Waals surface area contributed by atoms with Crippen LogP contribution in [0.3, 0.4) is 0 Å². The summed E-state index contributed by atoms with van der Waals surface area (Å²) in [7, 11) is 0. The molecule has 19 heavy (non-hydrogen) atoms. The van der Waals surface area contributed by atoms with Crippen LogP contribution in [0.2, 0.25) is 0 Å². The molecule has 1 aromatic rings. The standard InChI is InChI=1S/C12H16Cl3N3O/c1-2-9(13)10(14)5-12(19,11(15)3-4-11)6-18-8-16-7-17-18/h2,7-8,10,19H,3-6H2,1H3/b9-2-. The van der Waals surface area contributed by atoms with Crippen molar-refractivity contribution in [1.29, 1.82) is 0 Å². The third kappa shape index (κ3) is 3.24. The van der Waals surface area contributed by atoms with Crippen molar-refractivity contribution in [3.05, 3.63) is 23.8 Å². The summed E-state index contributed by atoms with van der Waals surface area (Å²) in [6.07, 6.45) is 6.50. The number of aliphatic hydroxyl groups is 1. The molecule has 0 saturated heterocycles. The van der Waals surface area contributed by atoms with Crippen molar-refractivity contribution in [3.63, 3.8) is 0 Å². The van der Waals surface area contributed by atoms with Gasteiger partial charge < -0.3 is 5.11 Å². The summed E-state index contributed by atoms with van der Waals surface area (Å²) in [5, 5.41) is 15.0. The first-order valence-corrected chi connectivity index (χ1v) is 7.29. The lowest BCUT2D eigenvalue weighted by molar-refractivity contribution is 0.000733. The predicted molar refractivity (Wildman–Crippen MR) is 76.7 cm³/mol. The molecule has 1 aliphatic rings. The Morgan fingerprint density at radius 3 is 2.79 bits per heavy atom. The van der Waals surface area contributed by atoms with Gasteiger partial charge in [-0.25, -0.2) is 4.98 Å². The van der Waals surface area contributed by atoms with Crippen LogP contribution in [0.5, 0.6) is 0 Å². The minimum absolute atomic E-state index is 0.258. The van der Waals surface area contributed by atoms with Gasteiger partial charge in [-0.15, -0.1) is 23.2 Å². The summed E-state index contributed by atoms with van der Waals surface area (Å²) in [5.41, 5.74) is -1.15. The number of rotatable bonds is 6. The molecule has 1 fully saturated rings. The Kier molecular flexibility index (Phi) is 4.45. The summed E-state index contributed by atoms with van der Waals surface area (Å²) < 4.78 is 1.57. The minimum Gasteiger partial charge on any atom is -0.386 e. The number of hydrogen-bond donors (Lipinski definition) is 1. The van der Waals surface area contributed by atoms with Crippen LogP contribution in [0.15, 0.2) is 23.8 Å². The Morgan fingerprint density at radius 2 is 2.32 bits per heavy atom. The molecule has 0 aromatic carbocycles. The Labute approximate surface area is 127 Å². The van der Waals surface area contributed by atoms with Crippen molar-refractivity contribution in [3.8, 4) is 0 Å². The van der Waals surface area contributed by atoms with Gasteiger partial charge in [0.15, 0.2) is 0 Å². The van der Waals surface area contributed by atoms with Gasteiger partial charge in [0.05, 0.1) is 16.8 Å². The van der Waals surface area contributed by atoms with Gasteiger partial charge in [-0.3, -0.25) is 4.68 Å². The fraction of sp³-hybridized carbons (Fsp3) is 0.667. The number of alkyl halides is 2. The van der Waals surface area contributed by atoms with E-state index in [1.807, 2.05) is 6.92 Å². The molecule has 0 aliphatic heterocycles. The number of nitrogens with zero attached hydrogens (tertiary/aromatic N) is 3. The number of allylic oxidation sites excluding steroid dienone is 2. The van der Waals surface area contributed by atoms with Gasteiger partial charge in [-0.1, -0.05) is 17.7 Å². The second-order valence-electron chi connectivity index (χ2n) is 4.94. The molecule has 1 saturated carbocycles. The van der Waals surface area contributed by atoms with Crippen molar-refractivity contribution >= 4 is 34.8 Å². The van der Waals surface area contributed by atoms with E-state index < -0.39 is 15.9 Å². The molecule has 2 rings (SSSR count). The number of aromatic nitrogens is 3. The lowest BCUT2D eigenvalue weighted by Gasteiger charge is -2.34. The summed E-state index contributed by atoms with van der Waals surface area (Å²) in [4.78, 5) is 3.22.